The highest BCUT2D eigenvalue weighted by atomic mass is 35.5. The molecule has 1 aliphatic rings. The Bertz CT molecular complexity index is 957. The topological polar surface area (TPSA) is 32.3 Å². The van der Waals surface area contributed by atoms with Crippen molar-refractivity contribution in [3.05, 3.63) is 95.0 Å². The third-order valence-electron chi connectivity index (χ3n) is 5.03. The minimum atomic E-state index is -0.0567. The summed E-state index contributed by atoms with van der Waals surface area (Å²) in [7, 11) is 0. The van der Waals surface area contributed by atoms with Crippen LogP contribution in [0, 0.1) is 0 Å². The fourth-order valence-electron chi connectivity index (χ4n) is 3.76. The number of anilines is 2. The van der Waals surface area contributed by atoms with E-state index in [1.165, 1.54) is 0 Å². The fraction of sp³-hybridized carbons (Fsp3) is 0.174. The van der Waals surface area contributed by atoms with Gasteiger partial charge in [-0.25, -0.2) is 0 Å². The maximum absolute atomic E-state index is 13.3. The Balaban J connectivity index is 1.71. The van der Waals surface area contributed by atoms with Crippen LogP contribution in [0.4, 0.5) is 11.4 Å². The molecule has 3 nitrogen and oxygen atoms in total. The number of benzene rings is 3. The Labute approximate surface area is 164 Å². The van der Waals surface area contributed by atoms with Crippen LogP contribution in [-0.4, -0.2) is 11.9 Å². The Morgan fingerprint density at radius 2 is 1.63 bits per heavy atom. The first-order valence-corrected chi connectivity index (χ1v) is 9.51. The van der Waals surface area contributed by atoms with Crippen LogP contribution >= 0.6 is 11.6 Å². The second kappa shape index (κ2) is 7.45. The van der Waals surface area contributed by atoms with Crippen LogP contribution in [0.1, 0.15) is 35.3 Å². The number of amides is 1. The van der Waals surface area contributed by atoms with Crippen LogP contribution in [0.2, 0.25) is 5.02 Å². The average Bonchev–Trinajstić information content (AvgIpc) is 2.69. The smallest absolute Gasteiger partial charge is 0.260 e. The first-order valence-electron chi connectivity index (χ1n) is 9.14. The van der Waals surface area contributed by atoms with E-state index in [9.17, 15) is 4.79 Å². The Morgan fingerprint density at radius 1 is 0.963 bits per heavy atom. The van der Waals surface area contributed by atoms with E-state index in [0.717, 1.165) is 23.4 Å². The molecular formula is C23H21ClN2O. The summed E-state index contributed by atoms with van der Waals surface area (Å²) in [6, 6.07) is 25.7. The molecule has 0 spiro atoms. The highest BCUT2D eigenvalue weighted by Crippen LogP contribution is 2.40. The number of halogens is 1. The zero-order valence-corrected chi connectivity index (χ0v) is 15.9. The Kier molecular flexibility index (Phi) is 4.87. The normalized spacial score (nSPS) is 18.7. The largest absolute Gasteiger partial charge is 0.378 e. The molecule has 1 N–H and O–H groups in total. The molecule has 27 heavy (non-hydrogen) atoms. The standard InChI is InChI=1S/C23H21ClN2O/c1-16-15-21(25-17-9-3-2-4-10-17)19-12-6-8-14-22(19)26(16)23(27)18-11-5-7-13-20(18)24/h2-14,16,21,25H,15H2,1H3/t16-,21-/m0/s1. The summed E-state index contributed by atoms with van der Waals surface area (Å²) in [6.07, 6.45) is 0.822. The minimum absolute atomic E-state index is 0.0462. The molecule has 0 aliphatic carbocycles. The summed E-state index contributed by atoms with van der Waals surface area (Å²) in [5, 5.41) is 4.10. The predicted octanol–water partition coefficient (Wildman–Crippen LogP) is 5.93. The van der Waals surface area contributed by atoms with E-state index >= 15 is 0 Å². The molecule has 0 unspecified atom stereocenters. The second-order valence-electron chi connectivity index (χ2n) is 6.86. The van der Waals surface area contributed by atoms with Crippen LogP contribution in [0.5, 0.6) is 0 Å². The maximum Gasteiger partial charge on any atom is 0.260 e. The molecule has 0 fully saturated rings. The van der Waals surface area contributed by atoms with E-state index in [0.29, 0.717) is 10.6 Å². The molecule has 3 aromatic rings. The van der Waals surface area contributed by atoms with Crippen molar-refractivity contribution < 1.29 is 4.79 Å². The maximum atomic E-state index is 13.3. The van der Waals surface area contributed by atoms with Gasteiger partial charge in [0.15, 0.2) is 0 Å². The molecule has 3 aromatic carbocycles. The van der Waals surface area contributed by atoms with Crippen LogP contribution in [0.15, 0.2) is 78.9 Å². The summed E-state index contributed by atoms with van der Waals surface area (Å²) < 4.78 is 0. The molecular weight excluding hydrogens is 356 g/mol. The van der Waals surface area contributed by atoms with E-state index in [4.69, 9.17) is 11.6 Å². The lowest BCUT2D eigenvalue weighted by Crippen LogP contribution is -2.44. The van der Waals surface area contributed by atoms with Gasteiger partial charge < -0.3 is 10.2 Å². The summed E-state index contributed by atoms with van der Waals surface area (Å²) in [5.74, 6) is -0.0567. The number of para-hydroxylation sites is 2. The first-order chi connectivity index (χ1) is 13.1. The molecule has 0 saturated carbocycles. The lowest BCUT2D eigenvalue weighted by atomic mass is 9.90. The zero-order valence-electron chi connectivity index (χ0n) is 15.1. The van der Waals surface area contributed by atoms with Gasteiger partial charge in [-0.15, -0.1) is 0 Å². The van der Waals surface area contributed by atoms with Crippen molar-refractivity contribution in [3.63, 3.8) is 0 Å². The molecule has 4 heteroatoms. The monoisotopic (exact) mass is 376 g/mol. The van der Waals surface area contributed by atoms with Crippen molar-refractivity contribution in [2.45, 2.75) is 25.4 Å². The summed E-state index contributed by atoms with van der Waals surface area (Å²) in [5.41, 5.74) is 3.68. The number of rotatable bonds is 3. The van der Waals surface area contributed by atoms with Crippen molar-refractivity contribution in [3.8, 4) is 0 Å². The number of nitrogens with one attached hydrogen (secondary N) is 1. The van der Waals surface area contributed by atoms with E-state index < -0.39 is 0 Å². The third-order valence-corrected chi connectivity index (χ3v) is 5.36. The van der Waals surface area contributed by atoms with Crippen molar-refractivity contribution >= 4 is 28.9 Å². The molecule has 1 amide bonds. The molecule has 0 bridgehead atoms. The van der Waals surface area contributed by atoms with Crippen molar-refractivity contribution in [1.82, 2.24) is 0 Å². The lowest BCUT2D eigenvalue weighted by Gasteiger charge is -2.40. The van der Waals surface area contributed by atoms with E-state index in [1.54, 1.807) is 12.1 Å². The van der Waals surface area contributed by atoms with E-state index in [2.05, 4.69) is 30.4 Å². The van der Waals surface area contributed by atoms with Gasteiger partial charge in [-0.3, -0.25) is 4.79 Å². The second-order valence-corrected chi connectivity index (χ2v) is 7.27. The van der Waals surface area contributed by atoms with Crippen LogP contribution in [-0.2, 0) is 0 Å². The molecule has 1 aliphatic heterocycles. The zero-order chi connectivity index (χ0) is 18.8. The molecule has 0 radical (unpaired) electrons. The molecule has 136 valence electrons. The quantitative estimate of drug-likeness (QED) is 0.614. The van der Waals surface area contributed by atoms with Crippen molar-refractivity contribution in [2.24, 2.45) is 0 Å². The van der Waals surface area contributed by atoms with Gasteiger partial charge in [-0.1, -0.05) is 60.1 Å². The fourth-order valence-corrected chi connectivity index (χ4v) is 3.98. The van der Waals surface area contributed by atoms with Gasteiger partial charge in [0.1, 0.15) is 0 Å². The predicted molar refractivity (Wildman–Crippen MR) is 112 cm³/mol. The number of carbonyl (C=O) groups excluding carboxylic acids is 1. The van der Waals surface area contributed by atoms with Gasteiger partial charge >= 0.3 is 0 Å². The van der Waals surface area contributed by atoms with Gasteiger partial charge in [0, 0.05) is 17.4 Å². The number of carbonyl (C=O) groups is 1. The molecule has 0 saturated heterocycles. The van der Waals surface area contributed by atoms with Crippen molar-refractivity contribution in [1.29, 1.82) is 0 Å². The number of nitrogens with zero attached hydrogens (tertiary/aromatic N) is 1. The van der Waals surface area contributed by atoms with E-state index in [-0.39, 0.29) is 18.0 Å². The average molecular weight is 377 g/mol. The molecule has 1 heterocycles. The van der Waals surface area contributed by atoms with Gasteiger partial charge in [0.2, 0.25) is 0 Å². The summed E-state index contributed by atoms with van der Waals surface area (Å²) in [6.45, 7) is 2.09. The third kappa shape index (κ3) is 3.43. The highest BCUT2D eigenvalue weighted by molar-refractivity contribution is 6.34. The molecule has 2 atom stereocenters. The minimum Gasteiger partial charge on any atom is -0.378 e. The summed E-state index contributed by atoms with van der Waals surface area (Å²) >= 11 is 6.29. The van der Waals surface area contributed by atoms with Crippen molar-refractivity contribution in [2.75, 3.05) is 10.2 Å². The van der Waals surface area contributed by atoms with Gasteiger partial charge in [-0.05, 0) is 49.2 Å². The molecule has 0 aromatic heterocycles. The number of hydrogen-bond donors (Lipinski definition) is 1. The number of fused-ring (bicyclic) bond motifs is 1. The van der Waals surface area contributed by atoms with Gasteiger partial charge in [-0.2, -0.15) is 0 Å². The van der Waals surface area contributed by atoms with Crippen LogP contribution in [0.25, 0.3) is 0 Å². The Hall–Kier alpha value is -2.78. The highest BCUT2D eigenvalue weighted by Gasteiger charge is 2.34. The number of hydrogen-bond acceptors (Lipinski definition) is 2. The van der Waals surface area contributed by atoms with Gasteiger partial charge in [0.25, 0.3) is 5.91 Å². The van der Waals surface area contributed by atoms with E-state index in [1.807, 2.05) is 53.4 Å². The lowest BCUT2D eigenvalue weighted by molar-refractivity contribution is 0.0974. The van der Waals surface area contributed by atoms with Crippen LogP contribution in [0.3, 0.4) is 0 Å². The molecule has 4 rings (SSSR count). The summed E-state index contributed by atoms with van der Waals surface area (Å²) in [4.78, 5) is 15.2. The Morgan fingerprint density at radius 3 is 2.41 bits per heavy atom. The SMILES string of the molecule is C[C@H]1C[C@H](Nc2ccccc2)c2ccccc2N1C(=O)c1ccccc1Cl. The van der Waals surface area contributed by atoms with Crippen LogP contribution < -0.4 is 10.2 Å². The first kappa shape index (κ1) is 17.6. The van der Waals surface area contributed by atoms with Gasteiger partial charge in [0.05, 0.1) is 16.6 Å².